The van der Waals surface area contributed by atoms with Crippen molar-refractivity contribution in [2.24, 2.45) is 0 Å². The van der Waals surface area contributed by atoms with E-state index in [1.165, 1.54) is 11.1 Å². The smallest absolute Gasteiger partial charge is 0.410 e. The molecule has 2 aliphatic rings. The van der Waals surface area contributed by atoms with Gasteiger partial charge >= 0.3 is 12.1 Å². The number of benzene rings is 2. The molecule has 1 heterocycles. The summed E-state index contributed by atoms with van der Waals surface area (Å²) < 4.78 is 11.1. The van der Waals surface area contributed by atoms with Gasteiger partial charge in [-0.05, 0) is 68.1 Å². The first-order chi connectivity index (χ1) is 15.3. The predicted octanol–water partition coefficient (Wildman–Crippen LogP) is 5.58. The number of ether oxygens (including phenoxy) is 2. The lowest BCUT2D eigenvalue weighted by molar-refractivity contribution is -0.145. The number of amides is 1. The van der Waals surface area contributed by atoms with Gasteiger partial charge in [0, 0.05) is 13.1 Å². The van der Waals surface area contributed by atoms with Crippen LogP contribution in [0.25, 0.3) is 0 Å². The lowest BCUT2D eigenvalue weighted by Gasteiger charge is -2.40. The highest BCUT2D eigenvalue weighted by Crippen LogP contribution is 2.52. The Morgan fingerprint density at radius 1 is 1.00 bits per heavy atom. The lowest BCUT2D eigenvalue weighted by atomic mass is 9.73. The van der Waals surface area contributed by atoms with Crippen LogP contribution in [0, 0.1) is 0 Å². The van der Waals surface area contributed by atoms with E-state index in [2.05, 4.69) is 24.3 Å². The molecule has 1 fully saturated rings. The van der Waals surface area contributed by atoms with E-state index in [0.717, 1.165) is 24.8 Å². The van der Waals surface area contributed by atoms with E-state index in [0.29, 0.717) is 26.1 Å². The number of fused-ring (bicyclic) bond motifs is 2. The Bertz CT molecular complexity index is 955. The SMILES string of the molecule is CC(C)(C)OC(=O)N1CCC2(CC1)CC(CC(=O)OCc1ccccc1)c1ccccc12. The summed E-state index contributed by atoms with van der Waals surface area (Å²) in [7, 11) is 0. The van der Waals surface area contributed by atoms with Crippen LogP contribution in [0.3, 0.4) is 0 Å². The van der Waals surface area contributed by atoms with Crippen LogP contribution in [0.2, 0.25) is 0 Å². The van der Waals surface area contributed by atoms with Crippen LogP contribution < -0.4 is 0 Å². The summed E-state index contributed by atoms with van der Waals surface area (Å²) in [4.78, 5) is 27.0. The fourth-order valence-corrected chi connectivity index (χ4v) is 5.13. The molecule has 4 rings (SSSR count). The molecule has 1 amide bonds. The highest BCUT2D eigenvalue weighted by Gasteiger charge is 2.46. The molecule has 5 heteroatoms. The zero-order valence-corrected chi connectivity index (χ0v) is 19.3. The van der Waals surface area contributed by atoms with Gasteiger partial charge in [-0.15, -0.1) is 0 Å². The third-order valence-corrected chi connectivity index (χ3v) is 6.64. The molecule has 0 N–H and O–H groups in total. The molecule has 2 aromatic carbocycles. The molecule has 2 aromatic rings. The van der Waals surface area contributed by atoms with Crippen molar-refractivity contribution < 1.29 is 19.1 Å². The second kappa shape index (κ2) is 8.97. The van der Waals surface area contributed by atoms with Gasteiger partial charge in [0.2, 0.25) is 0 Å². The number of nitrogens with zero attached hydrogens (tertiary/aromatic N) is 1. The minimum Gasteiger partial charge on any atom is -0.461 e. The maximum absolute atomic E-state index is 12.6. The van der Waals surface area contributed by atoms with Gasteiger partial charge in [0.15, 0.2) is 0 Å². The molecule has 32 heavy (non-hydrogen) atoms. The Morgan fingerprint density at radius 3 is 2.34 bits per heavy atom. The zero-order chi connectivity index (χ0) is 22.8. The first kappa shape index (κ1) is 22.4. The molecular formula is C27H33NO4. The molecule has 5 nitrogen and oxygen atoms in total. The van der Waals surface area contributed by atoms with Crippen LogP contribution in [0.1, 0.15) is 69.1 Å². The van der Waals surface area contributed by atoms with Gasteiger partial charge in [-0.25, -0.2) is 4.79 Å². The Balaban J connectivity index is 1.40. The summed E-state index contributed by atoms with van der Waals surface area (Å²) in [5, 5.41) is 0. The highest BCUT2D eigenvalue weighted by atomic mass is 16.6. The van der Waals surface area contributed by atoms with Gasteiger partial charge in [0.1, 0.15) is 12.2 Å². The summed E-state index contributed by atoms with van der Waals surface area (Å²) in [5.74, 6) is -0.000512. The molecule has 0 saturated carbocycles. The van der Waals surface area contributed by atoms with Gasteiger partial charge in [-0.2, -0.15) is 0 Å². The van der Waals surface area contributed by atoms with Gasteiger partial charge in [-0.3, -0.25) is 4.79 Å². The maximum Gasteiger partial charge on any atom is 0.410 e. The molecule has 1 aliphatic carbocycles. The van der Waals surface area contributed by atoms with Gasteiger partial charge in [-0.1, -0.05) is 54.6 Å². The number of hydrogen-bond donors (Lipinski definition) is 0. The van der Waals surface area contributed by atoms with Crippen LogP contribution in [-0.4, -0.2) is 35.7 Å². The number of likely N-dealkylation sites (tertiary alicyclic amines) is 1. The molecule has 170 valence electrons. The summed E-state index contributed by atoms with van der Waals surface area (Å²) in [6, 6.07) is 18.3. The Labute approximate surface area is 190 Å². The summed E-state index contributed by atoms with van der Waals surface area (Å²) in [5.41, 5.74) is 3.12. The number of rotatable bonds is 4. The minimum atomic E-state index is -0.489. The van der Waals surface area contributed by atoms with Crippen molar-refractivity contribution in [1.82, 2.24) is 4.90 Å². The predicted molar refractivity (Wildman–Crippen MR) is 123 cm³/mol. The van der Waals surface area contributed by atoms with Crippen molar-refractivity contribution in [3.8, 4) is 0 Å². The third-order valence-electron chi connectivity index (χ3n) is 6.64. The van der Waals surface area contributed by atoms with Crippen molar-refractivity contribution in [2.45, 2.75) is 70.0 Å². The quantitative estimate of drug-likeness (QED) is 0.589. The van der Waals surface area contributed by atoms with E-state index >= 15 is 0 Å². The molecule has 1 spiro atoms. The molecule has 0 radical (unpaired) electrons. The fraction of sp³-hybridized carbons (Fsp3) is 0.481. The van der Waals surface area contributed by atoms with Gasteiger partial charge in [0.05, 0.1) is 6.42 Å². The van der Waals surface area contributed by atoms with E-state index < -0.39 is 5.60 Å². The topological polar surface area (TPSA) is 55.8 Å². The third kappa shape index (κ3) is 4.98. The van der Waals surface area contributed by atoms with Crippen molar-refractivity contribution in [2.75, 3.05) is 13.1 Å². The second-order valence-electron chi connectivity index (χ2n) is 10.1. The van der Waals surface area contributed by atoms with E-state index in [9.17, 15) is 9.59 Å². The maximum atomic E-state index is 12.6. The van der Waals surface area contributed by atoms with Gasteiger partial charge in [0.25, 0.3) is 0 Å². The average Bonchev–Trinajstić information content (AvgIpc) is 3.05. The Hall–Kier alpha value is -2.82. The van der Waals surface area contributed by atoms with Crippen molar-refractivity contribution in [3.05, 3.63) is 71.3 Å². The first-order valence-corrected chi connectivity index (χ1v) is 11.5. The Kier molecular flexibility index (Phi) is 6.27. The molecule has 1 atom stereocenters. The second-order valence-corrected chi connectivity index (χ2v) is 10.1. The van der Waals surface area contributed by atoms with E-state index in [1.54, 1.807) is 0 Å². The van der Waals surface area contributed by atoms with Crippen LogP contribution in [-0.2, 0) is 26.3 Å². The number of carbonyl (C=O) groups is 2. The van der Waals surface area contributed by atoms with Crippen LogP contribution in [0.15, 0.2) is 54.6 Å². The number of carbonyl (C=O) groups excluding carboxylic acids is 2. The summed E-state index contributed by atoms with van der Waals surface area (Å²) >= 11 is 0. The standard InChI is InChI=1S/C27H33NO4/c1-26(2,3)32-25(30)28-15-13-27(14-16-28)18-21(22-11-7-8-12-23(22)27)17-24(29)31-19-20-9-5-4-6-10-20/h4-12,21H,13-19H2,1-3H3. The zero-order valence-electron chi connectivity index (χ0n) is 19.3. The van der Waals surface area contributed by atoms with E-state index in [4.69, 9.17) is 9.47 Å². The molecule has 0 aromatic heterocycles. The lowest BCUT2D eigenvalue weighted by Crippen LogP contribution is -2.46. The summed E-state index contributed by atoms with van der Waals surface area (Å²) in [6.45, 7) is 7.34. The first-order valence-electron chi connectivity index (χ1n) is 11.5. The monoisotopic (exact) mass is 435 g/mol. The molecule has 1 unspecified atom stereocenters. The molecule has 1 aliphatic heterocycles. The molecular weight excluding hydrogens is 402 g/mol. The highest BCUT2D eigenvalue weighted by molar-refractivity contribution is 5.71. The minimum absolute atomic E-state index is 0.0134. The normalized spacial score (nSPS) is 19.5. The van der Waals surface area contributed by atoms with Gasteiger partial charge < -0.3 is 14.4 Å². The largest absolute Gasteiger partial charge is 0.461 e. The van der Waals surface area contributed by atoms with Crippen molar-refractivity contribution in [3.63, 3.8) is 0 Å². The number of piperidine rings is 1. The fourth-order valence-electron chi connectivity index (χ4n) is 5.13. The molecule has 0 bridgehead atoms. The number of hydrogen-bond acceptors (Lipinski definition) is 4. The van der Waals surface area contributed by atoms with Crippen molar-refractivity contribution >= 4 is 12.1 Å². The summed E-state index contributed by atoms with van der Waals surface area (Å²) in [6.07, 6.45) is 2.85. The van der Waals surface area contributed by atoms with Crippen molar-refractivity contribution in [1.29, 1.82) is 0 Å². The molecule has 1 saturated heterocycles. The number of esters is 1. The average molecular weight is 436 g/mol. The van der Waals surface area contributed by atoms with Crippen LogP contribution in [0.4, 0.5) is 4.79 Å². The van der Waals surface area contributed by atoms with E-state index in [-0.39, 0.29) is 23.4 Å². The van der Waals surface area contributed by atoms with E-state index in [1.807, 2.05) is 56.0 Å². The Morgan fingerprint density at radius 2 is 1.66 bits per heavy atom. The van der Waals surface area contributed by atoms with Crippen LogP contribution in [0.5, 0.6) is 0 Å². The van der Waals surface area contributed by atoms with Crippen LogP contribution >= 0.6 is 0 Å².